The zero-order valence-corrected chi connectivity index (χ0v) is 24.3. The molecular formula is C30H29ClN4O4S. The van der Waals surface area contributed by atoms with E-state index in [-0.39, 0.29) is 6.42 Å². The first kappa shape index (κ1) is 29.1. The molecule has 0 saturated heterocycles. The van der Waals surface area contributed by atoms with Gasteiger partial charge in [-0.2, -0.15) is 0 Å². The van der Waals surface area contributed by atoms with Gasteiger partial charge in [-0.3, -0.25) is 9.78 Å². The quantitative estimate of drug-likeness (QED) is 0.225. The van der Waals surface area contributed by atoms with Crippen molar-refractivity contribution in [3.63, 3.8) is 0 Å². The number of thiazole rings is 1. The lowest BCUT2D eigenvalue weighted by Gasteiger charge is -2.13. The fourth-order valence-corrected chi connectivity index (χ4v) is 5.20. The van der Waals surface area contributed by atoms with E-state index in [0.717, 1.165) is 48.6 Å². The summed E-state index contributed by atoms with van der Waals surface area (Å²) in [5.41, 5.74) is 6.11. The van der Waals surface area contributed by atoms with Crippen LogP contribution in [0.1, 0.15) is 31.9 Å². The second-order valence-corrected chi connectivity index (χ2v) is 11.5. The zero-order chi connectivity index (χ0) is 29.0. The number of hydrogen-bond donors (Lipinski definition) is 2. The number of benzene rings is 2. The average Bonchev–Trinajstić information content (AvgIpc) is 3.32. The van der Waals surface area contributed by atoms with Gasteiger partial charge in [-0.15, -0.1) is 11.3 Å². The molecule has 2 N–H and O–H groups in total. The van der Waals surface area contributed by atoms with E-state index in [2.05, 4.69) is 15.0 Å². The van der Waals surface area contributed by atoms with Gasteiger partial charge >= 0.3 is 12.0 Å². The minimum Gasteiger partial charge on any atom is -0.481 e. The van der Waals surface area contributed by atoms with Gasteiger partial charge in [0.15, 0.2) is 0 Å². The van der Waals surface area contributed by atoms with E-state index in [1.807, 2.05) is 49.4 Å². The first-order valence-electron chi connectivity index (χ1n) is 12.4. The molecular weight excluding hydrogens is 548 g/mol. The molecule has 0 bridgehead atoms. The molecule has 206 valence electrons. The van der Waals surface area contributed by atoms with Crippen molar-refractivity contribution in [3.8, 4) is 39.0 Å². The van der Waals surface area contributed by atoms with Crippen molar-refractivity contribution in [1.29, 1.82) is 0 Å². The largest absolute Gasteiger partial charge is 0.481 e. The Morgan fingerprint density at radius 1 is 1.00 bits per heavy atom. The van der Waals surface area contributed by atoms with Crippen LogP contribution in [0.15, 0.2) is 61.1 Å². The number of aliphatic hydroxyl groups is 1. The van der Waals surface area contributed by atoms with Crippen molar-refractivity contribution < 1.29 is 19.7 Å². The Morgan fingerprint density at radius 3 is 2.25 bits per heavy atom. The Labute approximate surface area is 241 Å². The van der Waals surface area contributed by atoms with Crippen molar-refractivity contribution in [2.24, 2.45) is 0 Å². The number of methoxy groups -OCH3 is 1. The number of nitrogens with zero attached hydrogens (tertiary/aromatic N) is 4. The molecule has 3 aromatic heterocycles. The second kappa shape index (κ2) is 12.1. The average molecular weight is 577 g/mol. The molecule has 0 unspecified atom stereocenters. The van der Waals surface area contributed by atoms with Gasteiger partial charge in [0.1, 0.15) is 5.01 Å². The Morgan fingerprint density at radius 2 is 1.65 bits per heavy atom. The van der Waals surface area contributed by atoms with Gasteiger partial charge in [0.05, 0.1) is 35.0 Å². The summed E-state index contributed by atoms with van der Waals surface area (Å²) in [7, 11) is 1.52. The summed E-state index contributed by atoms with van der Waals surface area (Å²) in [5.74, 6) is -0.882. The fourth-order valence-electron chi connectivity index (χ4n) is 3.93. The fraction of sp³-hybridized carbons (Fsp3) is 0.233. The number of rotatable bonds is 6. The highest BCUT2D eigenvalue weighted by molar-refractivity contribution is 7.22. The first-order valence-corrected chi connectivity index (χ1v) is 13.6. The molecule has 0 aliphatic rings. The number of aliphatic carboxylic acids is 1. The SMILES string of the molecule is CC(C)(C)O.COc1ncc(-c2cc(-c3nc4cc(C)c(CC(=O)O)c(-c5ccc(Cl)cc5)c4s3)ccn2)cn1. The van der Waals surface area contributed by atoms with Gasteiger partial charge in [-0.1, -0.05) is 23.7 Å². The maximum absolute atomic E-state index is 11.7. The van der Waals surface area contributed by atoms with E-state index >= 15 is 0 Å². The summed E-state index contributed by atoms with van der Waals surface area (Å²) >= 11 is 7.63. The van der Waals surface area contributed by atoms with Gasteiger partial charge < -0.3 is 14.9 Å². The highest BCUT2D eigenvalue weighted by Gasteiger charge is 2.20. The second-order valence-electron chi connectivity index (χ2n) is 10.1. The van der Waals surface area contributed by atoms with Crippen molar-refractivity contribution >= 4 is 39.1 Å². The maximum atomic E-state index is 11.7. The van der Waals surface area contributed by atoms with E-state index in [1.165, 1.54) is 18.4 Å². The lowest BCUT2D eigenvalue weighted by Crippen LogP contribution is -2.10. The Bertz CT molecular complexity index is 1640. The predicted octanol–water partition coefficient (Wildman–Crippen LogP) is 6.86. The number of ether oxygens (including phenoxy) is 1. The van der Waals surface area contributed by atoms with Crippen LogP contribution in [-0.2, 0) is 11.2 Å². The van der Waals surface area contributed by atoms with Crippen molar-refractivity contribution in [3.05, 3.63) is 77.2 Å². The molecule has 5 rings (SSSR count). The van der Waals surface area contributed by atoms with Gasteiger partial charge in [0, 0.05) is 40.3 Å². The molecule has 0 atom stereocenters. The summed E-state index contributed by atoms with van der Waals surface area (Å²) in [6.45, 7) is 7.15. The molecule has 0 spiro atoms. The Balaban J connectivity index is 0.000000681. The van der Waals surface area contributed by atoms with E-state index in [1.54, 1.807) is 39.4 Å². The number of fused-ring (bicyclic) bond motifs is 1. The van der Waals surface area contributed by atoms with Crippen LogP contribution in [0.2, 0.25) is 5.02 Å². The highest BCUT2D eigenvalue weighted by Crippen LogP contribution is 2.41. The van der Waals surface area contributed by atoms with Gasteiger partial charge in [0.25, 0.3) is 0 Å². The Kier molecular flexibility index (Phi) is 8.78. The van der Waals surface area contributed by atoms with Crippen LogP contribution in [0, 0.1) is 6.92 Å². The third-order valence-corrected chi connectivity index (χ3v) is 6.98. The summed E-state index contributed by atoms with van der Waals surface area (Å²) < 4.78 is 5.96. The number of pyridine rings is 1. The number of aromatic nitrogens is 4. The number of halogens is 1. The first-order chi connectivity index (χ1) is 18.9. The van der Waals surface area contributed by atoms with Crippen LogP contribution in [0.4, 0.5) is 0 Å². The normalized spacial score (nSPS) is 11.2. The number of carbonyl (C=O) groups is 1. The molecule has 0 fully saturated rings. The zero-order valence-electron chi connectivity index (χ0n) is 22.8. The molecule has 0 aliphatic carbocycles. The molecule has 40 heavy (non-hydrogen) atoms. The molecule has 3 heterocycles. The lowest BCUT2D eigenvalue weighted by molar-refractivity contribution is -0.136. The molecule has 0 amide bonds. The molecule has 10 heteroatoms. The molecule has 8 nitrogen and oxygen atoms in total. The number of aryl methyl sites for hydroxylation is 1. The predicted molar refractivity (Wildman–Crippen MR) is 159 cm³/mol. The monoisotopic (exact) mass is 576 g/mol. The van der Waals surface area contributed by atoms with E-state index < -0.39 is 11.6 Å². The summed E-state index contributed by atoms with van der Waals surface area (Å²) in [4.78, 5) is 29.4. The molecule has 0 radical (unpaired) electrons. The smallest absolute Gasteiger partial charge is 0.316 e. The molecule has 0 saturated carbocycles. The molecule has 0 aliphatic heterocycles. The van der Waals surface area contributed by atoms with Crippen molar-refractivity contribution in [2.75, 3.05) is 7.11 Å². The molecule has 5 aromatic rings. The van der Waals surface area contributed by atoms with E-state index in [4.69, 9.17) is 26.4 Å². The number of carboxylic acids is 1. The summed E-state index contributed by atoms with van der Waals surface area (Å²) in [6.07, 6.45) is 4.97. The van der Waals surface area contributed by atoms with Gasteiger partial charge in [-0.25, -0.2) is 15.0 Å². The van der Waals surface area contributed by atoms with Crippen molar-refractivity contribution in [2.45, 2.75) is 39.7 Å². The highest BCUT2D eigenvalue weighted by atomic mass is 35.5. The molecule has 2 aromatic carbocycles. The third-order valence-electron chi connectivity index (χ3n) is 5.59. The van der Waals surface area contributed by atoms with Crippen molar-refractivity contribution in [1.82, 2.24) is 19.9 Å². The van der Waals surface area contributed by atoms with E-state index in [9.17, 15) is 9.90 Å². The summed E-state index contributed by atoms with van der Waals surface area (Å²) in [6, 6.07) is 13.5. The third kappa shape index (κ3) is 7.18. The van der Waals surface area contributed by atoms with Crippen LogP contribution in [-0.4, -0.2) is 48.8 Å². The van der Waals surface area contributed by atoms with Crippen LogP contribution < -0.4 is 4.74 Å². The topological polar surface area (TPSA) is 118 Å². The Hall–Kier alpha value is -3.92. The maximum Gasteiger partial charge on any atom is 0.316 e. The van der Waals surface area contributed by atoms with Gasteiger partial charge in [-0.05, 0) is 74.7 Å². The summed E-state index contributed by atoms with van der Waals surface area (Å²) in [5, 5.41) is 19.5. The standard InChI is InChI=1S/C26H19ClN4O3S.C4H10O/c1-14-9-21-24(23(19(14)11-22(32)33)15-3-5-18(27)6-4-15)35-25(31-21)16-7-8-28-20(10-16)17-12-29-26(34-2)30-13-17;1-4(2,3)5/h3-10,12-13H,11H2,1-2H3,(H,32,33);5H,1-3H3. The van der Waals surface area contributed by atoms with E-state index in [0.29, 0.717) is 16.7 Å². The van der Waals surface area contributed by atoms with Crippen LogP contribution >= 0.6 is 22.9 Å². The van der Waals surface area contributed by atoms with Crippen LogP contribution in [0.5, 0.6) is 6.01 Å². The van der Waals surface area contributed by atoms with Crippen LogP contribution in [0.25, 0.3) is 43.2 Å². The van der Waals surface area contributed by atoms with Gasteiger partial charge in [0.2, 0.25) is 0 Å². The minimum absolute atomic E-state index is 0.0795. The number of hydrogen-bond acceptors (Lipinski definition) is 8. The lowest BCUT2D eigenvalue weighted by atomic mass is 9.93. The number of carboxylic acid groups (broad SMARTS) is 1. The minimum atomic E-state index is -0.882. The van der Waals surface area contributed by atoms with Crippen LogP contribution in [0.3, 0.4) is 0 Å².